The van der Waals surface area contributed by atoms with E-state index in [0.717, 1.165) is 5.56 Å². The molecule has 0 radical (unpaired) electrons. The van der Waals surface area contributed by atoms with Gasteiger partial charge in [0.25, 0.3) is 0 Å². The first-order valence-corrected chi connectivity index (χ1v) is 6.58. The predicted octanol–water partition coefficient (Wildman–Crippen LogP) is 1.97. The van der Waals surface area contributed by atoms with Crippen molar-refractivity contribution in [1.82, 2.24) is 9.80 Å². The highest BCUT2D eigenvalue weighted by Gasteiger charge is 2.32. The van der Waals surface area contributed by atoms with Gasteiger partial charge < -0.3 is 9.52 Å². The minimum Gasteiger partial charge on any atom is -0.475 e. The maximum Gasteiger partial charge on any atom is 0.401 e. The summed E-state index contributed by atoms with van der Waals surface area (Å²) in [6.45, 7) is 3.02. The molecule has 0 spiro atoms. The van der Waals surface area contributed by atoms with Gasteiger partial charge in [-0.05, 0) is 13.0 Å². The van der Waals surface area contributed by atoms with Crippen molar-refractivity contribution in [2.45, 2.75) is 19.6 Å². The molecule has 0 bridgehead atoms. The molecule has 1 aromatic rings. The summed E-state index contributed by atoms with van der Waals surface area (Å²) < 4.78 is 42.0. The molecule has 0 aliphatic carbocycles. The van der Waals surface area contributed by atoms with Crippen LogP contribution in [0.5, 0.6) is 0 Å². The van der Waals surface area contributed by atoms with Gasteiger partial charge in [0.1, 0.15) is 5.76 Å². The van der Waals surface area contributed by atoms with E-state index in [1.807, 2.05) is 4.90 Å². The summed E-state index contributed by atoms with van der Waals surface area (Å²) in [6.07, 6.45) is -4.17. The first kappa shape index (κ1) is 15.8. The number of alkyl halides is 3. The first-order chi connectivity index (χ1) is 9.74. The summed E-state index contributed by atoms with van der Waals surface area (Å²) in [5, 5.41) is 8.85. The Balaban J connectivity index is 1.87. The molecule has 0 unspecified atom stereocenters. The minimum absolute atomic E-state index is 0.113. The summed E-state index contributed by atoms with van der Waals surface area (Å²) in [7, 11) is 0. The average molecular weight is 306 g/mol. The Hall–Kier alpha value is -1.54. The van der Waals surface area contributed by atoms with Gasteiger partial charge in [0.05, 0.1) is 6.54 Å². The fraction of sp³-hybridized carbons (Fsp3) is 0.615. The molecule has 1 fully saturated rings. The molecule has 21 heavy (non-hydrogen) atoms. The van der Waals surface area contributed by atoms with Gasteiger partial charge in [0, 0.05) is 38.3 Å². The Bertz CT molecular complexity index is 505. The number of aromatic carboxylic acids is 1. The topological polar surface area (TPSA) is 56.9 Å². The van der Waals surface area contributed by atoms with Crippen molar-refractivity contribution in [2.24, 2.45) is 0 Å². The normalized spacial score (nSPS) is 18.1. The molecule has 1 N–H and O–H groups in total. The van der Waals surface area contributed by atoms with Gasteiger partial charge in [0.15, 0.2) is 0 Å². The van der Waals surface area contributed by atoms with Gasteiger partial charge in [-0.2, -0.15) is 13.2 Å². The molecule has 1 aliphatic rings. The number of carboxylic acids is 1. The molecule has 2 rings (SSSR count). The second kappa shape index (κ2) is 6.07. The van der Waals surface area contributed by atoms with Gasteiger partial charge in [-0.25, -0.2) is 4.79 Å². The summed E-state index contributed by atoms with van der Waals surface area (Å²) in [6, 6.07) is 1.47. The molecular weight excluding hydrogens is 289 g/mol. The fourth-order valence-electron chi connectivity index (χ4n) is 2.38. The van der Waals surface area contributed by atoms with Crippen molar-refractivity contribution in [3.8, 4) is 0 Å². The first-order valence-electron chi connectivity index (χ1n) is 6.58. The molecule has 1 aromatic heterocycles. The zero-order chi connectivity index (χ0) is 15.6. The standard InChI is InChI=1S/C13H17F3N2O3/c1-9-10(6-11(21-9)12(19)20)7-17-2-4-18(5-3-17)8-13(14,15)16/h6H,2-5,7-8H2,1H3,(H,19,20). The van der Waals surface area contributed by atoms with Crippen molar-refractivity contribution in [2.75, 3.05) is 32.7 Å². The van der Waals surface area contributed by atoms with Crippen molar-refractivity contribution in [3.63, 3.8) is 0 Å². The van der Waals surface area contributed by atoms with Crippen LogP contribution in [0.15, 0.2) is 10.5 Å². The molecule has 118 valence electrons. The van der Waals surface area contributed by atoms with Crippen LogP contribution >= 0.6 is 0 Å². The lowest BCUT2D eigenvalue weighted by molar-refractivity contribution is -0.149. The quantitative estimate of drug-likeness (QED) is 0.921. The van der Waals surface area contributed by atoms with E-state index < -0.39 is 18.7 Å². The number of carbonyl (C=O) groups is 1. The Kier molecular flexibility index (Phi) is 4.58. The predicted molar refractivity (Wildman–Crippen MR) is 68.2 cm³/mol. The minimum atomic E-state index is -4.17. The van der Waals surface area contributed by atoms with Crippen molar-refractivity contribution in [3.05, 3.63) is 23.2 Å². The highest BCUT2D eigenvalue weighted by Crippen LogP contribution is 2.20. The molecule has 5 nitrogen and oxygen atoms in total. The van der Waals surface area contributed by atoms with E-state index >= 15 is 0 Å². The SMILES string of the molecule is Cc1oc(C(=O)O)cc1CN1CCN(CC(F)(F)F)CC1. The third-order valence-electron chi connectivity index (χ3n) is 3.49. The summed E-state index contributed by atoms with van der Waals surface area (Å²) in [5.41, 5.74) is 0.761. The number of furan rings is 1. The van der Waals surface area contributed by atoms with Crippen LogP contribution in [0.25, 0.3) is 0 Å². The molecule has 0 atom stereocenters. The van der Waals surface area contributed by atoms with Crippen molar-refractivity contribution < 1.29 is 27.5 Å². The van der Waals surface area contributed by atoms with Crippen LogP contribution in [0, 0.1) is 6.92 Å². The van der Waals surface area contributed by atoms with Crippen LogP contribution in [0.3, 0.4) is 0 Å². The highest BCUT2D eigenvalue weighted by atomic mass is 19.4. The number of hydrogen-bond donors (Lipinski definition) is 1. The van der Waals surface area contributed by atoms with E-state index in [1.54, 1.807) is 6.92 Å². The summed E-state index contributed by atoms with van der Waals surface area (Å²) >= 11 is 0. The van der Waals surface area contributed by atoms with E-state index in [4.69, 9.17) is 9.52 Å². The lowest BCUT2D eigenvalue weighted by atomic mass is 10.2. The lowest BCUT2D eigenvalue weighted by Gasteiger charge is -2.34. The van der Waals surface area contributed by atoms with E-state index in [1.165, 1.54) is 11.0 Å². The summed E-state index contributed by atoms with van der Waals surface area (Å²) in [4.78, 5) is 14.2. The smallest absolute Gasteiger partial charge is 0.401 e. The van der Waals surface area contributed by atoms with Gasteiger partial charge in [-0.15, -0.1) is 0 Å². The molecule has 1 saturated heterocycles. The van der Waals surface area contributed by atoms with Crippen LogP contribution < -0.4 is 0 Å². The molecule has 1 aliphatic heterocycles. The van der Waals surface area contributed by atoms with E-state index in [-0.39, 0.29) is 5.76 Å². The van der Waals surface area contributed by atoms with Crippen LogP contribution in [0.2, 0.25) is 0 Å². The van der Waals surface area contributed by atoms with Gasteiger partial charge in [-0.3, -0.25) is 9.80 Å². The third kappa shape index (κ3) is 4.47. The van der Waals surface area contributed by atoms with Crippen LogP contribution in [0.4, 0.5) is 13.2 Å². The lowest BCUT2D eigenvalue weighted by Crippen LogP contribution is -2.48. The fourth-order valence-corrected chi connectivity index (χ4v) is 2.38. The molecule has 0 amide bonds. The number of carboxylic acid groups (broad SMARTS) is 1. The van der Waals surface area contributed by atoms with Gasteiger partial charge in [0.2, 0.25) is 5.76 Å². The third-order valence-corrected chi connectivity index (χ3v) is 3.49. The Morgan fingerprint density at radius 2 is 1.86 bits per heavy atom. The maximum absolute atomic E-state index is 12.3. The Labute approximate surface area is 119 Å². The number of aryl methyl sites for hydroxylation is 1. The number of nitrogens with zero attached hydrogens (tertiary/aromatic N) is 2. The highest BCUT2D eigenvalue weighted by molar-refractivity contribution is 5.84. The van der Waals surface area contributed by atoms with Crippen molar-refractivity contribution in [1.29, 1.82) is 0 Å². The monoisotopic (exact) mass is 306 g/mol. The van der Waals surface area contributed by atoms with Gasteiger partial charge in [-0.1, -0.05) is 0 Å². The molecule has 0 saturated carbocycles. The second-order valence-corrected chi connectivity index (χ2v) is 5.16. The Morgan fingerprint density at radius 1 is 1.29 bits per heavy atom. The van der Waals surface area contributed by atoms with E-state index in [2.05, 4.69) is 0 Å². The largest absolute Gasteiger partial charge is 0.475 e. The molecule has 8 heteroatoms. The zero-order valence-electron chi connectivity index (χ0n) is 11.6. The van der Waals surface area contributed by atoms with Crippen molar-refractivity contribution >= 4 is 5.97 Å². The molecule has 0 aromatic carbocycles. The second-order valence-electron chi connectivity index (χ2n) is 5.16. The zero-order valence-corrected chi connectivity index (χ0v) is 11.6. The number of rotatable bonds is 4. The van der Waals surface area contributed by atoms with Crippen LogP contribution in [0.1, 0.15) is 21.9 Å². The van der Waals surface area contributed by atoms with Crippen LogP contribution in [-0.4, -0.2) is 59.8 Å². The molecule has 2 heterocycles. The van der Waals surface area contributed by atoms with E-state index in [9.17, 15) is 18.0 Å². The van der Waals surface area contributed by atoms with Crippen LogP contribution in [-0.2, 0) is 6.54 Å². The molecular formula is C13H17F3N2O3. The average Bonchev–Trinajstić information content (AvgIpc) is 2.72. The number of hydrogen-bond acceptors (Lipinski definition) is 4. The summed E-state index contributed by atoms with van der Waals surface area (Å²) in [5.74, 6) is -0.706. The Morgan fingerprint density at radius 3 is 2.33 bits per heavy atom. The maximum atomic E-state index is 12.3. The number of piperazine rings is 1. The van der Waals surface area contributed by atoms with E-state index in [0.29, 0.717) is 38.5 Å². The number of halogens is 3. The van der Waals surface area contributed by atoms with Gasteiger partial charge >= 0.3 is 12.1 Å².